The zero-order valence-corrected chi connectivity index (χ0v) is 21.8. The standard InChI is InChI=1S/C27H29BrF3N3O2/c1-17-13-23-21(11-12-36-15-18-3-6-20(35-2)7-4-18)24(32)9-8-22(23)26(34(17)16-27(29,30)31)25-10-5-19(28)14-33-25/h3-10,14,17,26H,11-13,15-16,32H2,1-2H3/t17-,26?/m1/s1. The highest BCUT2D eigenvalue weighted by atomic mass is 79.9. The van der Waals surface area contributed by atoms with E-state index in [1.54, 1.807) is 31.5 Å². The Kier molecular flexibility index (Phi) is 8.22. The molecule has 3 aromatic rings. The topological polar surface area (TPSA) is 60.6 Å². The summed E-state index contributed by atoms with van der Waals surface area (Å²) < 4.78 is 52.5. The van der Waals surface area contributed by atoms with E-state index in [4.69, 9.17) is 15.2 Å². The number of fused-ring (bicyclic) bond motifs is 1. The summed E-state index contributed by atoms with van der Waals surface area (Å²) in [5.41, 5.74) is 11.3. The first-order chi connectivity index (χ1) is 17.2. The molecule has 0 saturated heterocycles. The monoisotopic (exact) mass is 563 g/mol. The van der Waals surface area contributed by atoms with Gasteiger partial charge in [-0.25, -0.2) is 0 Å². The molecule has 2 heterocycles. The van der Waals surface area contributed by atoms with Crippen molar-refractivity contribution in [1.29, 1.82) is 0 Å². The van der Waals surface area contributed by atoms with Crippen LogP contribution in [-0.4, -0.2) is 42.4 Å². The Morgan fingerprint density at radius 3 is 2.50 bits per heavy atom. The van der Waals surface area contributed by atoms with Crippen molar-refractivity contribution in [2.75, 3.05) is 26.0 Å². The largest absolute Gasteiger partial charge is 0.497 e. The molecule has 0 fully saturated rings. The van der Waals surface area contributed by atoms with E-state index in [0.717, 1.165) is 32.5 Å². The van der Waals surface area contributed by atoms with Gasteiger partial charge in [-0.1, -0.05) is 18.2 Å². The number of anilines is 1. The molecule has 0 spiro atoms. The molecular weight excluding hydrogens is 535 g/mol. The minimum Gasteiger partial charge on any atom is -0.497 e. The van der Waals surface area contributed by atoms with Gasteiger partial charge in [-0.05, 0) is 88.3 Å². The van der Waals surface area contributed by atoms with Crippen molar-refractivity contribution in [1.82, 2.24) is 9.88 Å². The zero-order valence-electron chi connectivity index (χ0n) is 20.2. The van der Waals surface area contributed by atoms with Crippen LogP contribution < -0.4 is 10.5 Å². The summed E-state index contributed by atoms with van der Waals surface area (Å²) in [6.07, 6.45) is -1.68. The Labute approximate surface area is 217 Å². The highest BCUT2D eigenvalue weighted by Gasteiger charge is 2.41. The summed E-state index contributed by atoms with van der Waals surface area (Å²) in [5.74, 6) is 0.783. The van der Waals surface area contributed by atoms with Gasteiger partial charge in [0.2, 0.25) is 0 Å². The molecule has 2 N–H and O–H groups in total. The molecule has 5 nitrogen and oxygen atoms in total. The molecule has 0 saturated carbocycles. The van der Waals surface area contributed by atoms with E-state index in [0.29, 0.717) is 37.4 Å². The quantitative estimate of drug-likeness (QED) is 0.265. The first kappa shape index (κ1) is 26.4. The molecule has 192 valence electrons. The number of halogens is 4. The average Bonchev–Trinajstić information content (AvgIpc) is 2.84. The molecule has 1 aliphatic heterocycles. The number of nitrogen functional groups attached to an aromatic ring is 1. The van der Waals surface area contributed by atoms with Crippen LogP contribution in [0.2, 0.25) is 0 Å². The van der Waals surface area contributed by atoms with Crippen molar-refractivity contribution in [3.8, 4) is 5.75 Å². The summed E-state index contributed by atoms with van der Waals surface area (Å²) in [6.45, 7) is 1.70. The number of pyridine rings is 1. The molecule has 2 atom stereocenters. The Balaban J connectivity index is 1.59. The van der Waals surface area contributed by atoms with Crippen molar-refractivity contribution < 1.29 is 22.6 Å². The minimum atomic E-state index is -4.33. The Bertz CT molecular complexity index is 1170. The van der Waals surface area contributed by atoms with Crippen molar-refractivity contribution in [3.05, 3.63) is 87.1 Å². The maximum absolute atomic E-state index is 13.6. The SMILES string of the molecule is COc1ccc(COCCc2c(N)ccc3c2C[C@@H](C)N(CC(F)(F)F)C3c2ccc(Br)cn2)cc1. The summed E-state index contributed by atoms with van der Waals surface area (Å²) in [4.78, 5) is 5.95. The minimum absolute atomic E-state index is 0.352. The summed E-state index contributed by atoms with van der Waals surface area (Å²) in [6, 6.07) is 13.9. The van der Waals surface area contributed by atoms with Gasteiger partial charge in [-0.3, -0.25) is 9.88 Å². The number of methoxy groups -OCH3 is 1. The summed E-state index contributed by atoms with van der Waals surface area (Å²) >= 11 is 3.36. The molecule has 1 unspecified atom stereocenters. The van der Waals surface area contributed by atoms with Crippen molar-refractivity contribution in [2.45, 2.75) is 44.6 Å². The molecule has 0 aliphatic carbocycles. The number of ether oxygens (including phenoxy) is 2. The number of aromatic nitrogens is 1. The molecular formula is C27H29BrF3N3O2. The van der Waals surface area contributed by atoms with Crippen LogP contribution in [0.25, 0.3) is 0 Å². The molecule has 0 bridgehead atoms. The number of hydrogen-bond donors (Lipinski definition) is 1. The van der Waals surface area contributed by atoms with Gasteiger partial charge in [0.1, 0.15) is 5.75 Å². The summed E-state index contributed by atoms with van der Waals surface area (Å²) in [7, 11) is 1.62. The number of nitrogens with zero attached hydrogens (tertiary/aromatic N) is 2. The van der Waals surface area contributed by atoms with Gasteiger partial charge >= 0.3 is 6.18 Å². The lowest BCUT2D eigenvalue weighted by molar-refractivity contribution is -0.155. The highest BCUT2D eigenvalue weighted by molar-refractivity contribution is 9.10. The number of hydrogen-bond acceptors (Lipinski definition) is 5. The van der Waals surface area contributed by atoms with Gasteiger partial charge in [-0.2, -0.15) is 13.2 Å². The second-order valence-corrected chi connectivity index (χ2v) is 9.91. The third kappa shape index (κ3) is 6.19. The lowest BCUT2D eigenvalue weighted by Gasteiger charge is -2.42. The van der Waals surface area contributed by atoms with Crippen LogP contribution >= 0.6 is 15.9 Å². The van der Waals surface area contributed by atoms with Gasteiger partial charge in [0, 0.05) is 22.4 Å². The van der Waals surface area contributed by atoms with E-state index >= 15 is 0 Å². The first-order valence-corrected chi connectivity index (χ1v) is 12.5. The fourth-order valence-electron chi connectivity index (χ4n) is 4.79. The predicted molar refractivity (Wildman–Crippen MR) is 137 cm³/mol. The lowest BCUT2D eigenvalue weighted by Crippen LogP contribution is -2.47. The van der Waals surface area contributed by atoms with Gasteiger partial charge in [0.25, 0.3) is 0 Å². The van der Waals surface area contributed by atoms with E-state index < -0.39 is 18.8 Å². The van der Waals surface area contributed by atoms with Crippen molar-refractivity contribution in [3.63, 3.8) is 0 Å². The van der Waals surface area contributed by atoms with E-state index in [-0.39, 0.29) is 6.04 Å². The van der Waals surface area contributed by atoms with E-state index in [9.17, 15) is 13.2 Å². The van der Waals surface area contributed by atoms with Gasteiger partial charge in [0.05, 0.1) is 38.6 Å². The van der Waals surface area contributed by atoms with Crippen LogP contribution in [-0.2, 0) is 24.2 Å². The molecule has 1 aromatic heterocycles. The fourth-order valence-corrected chi connectivity index (χ4v) is 5.02. The molecule has 1 aliphatic rings. The third-order valence-electron chi connectivity index (χ3n) is 6.51. The maximum Gasteiger partial charge on any atom is 0.401 e. The lowest BCUT2D eigenvalue weighted by atomic mass is 9.82. The normalized spacial score (nSPS) is 18.2. The number of nitrogens with two attached hydrogens (primary N) is 1. The Hall–Kier alpha value is -2.62. The smallest absolute Gasteiger partial charge is 0.401 e. The number of rotatable bonds is 8. The van der Waals surface area contributed by atoms with Crippen LogP contribution in [0.1, 0.15) is 40.9 Å². The average molecular weight is 564 g/mol. The van der Waals surface area contributed by atoms with Crippen molar-refractivity contribution >= 4 is 21.6 Å². The van der Waals surface area contributed by atoms with Gasteiger partial charge in [-0.15, -0.1) is 0 Å². The molecule has 0 radical (unpaired) electrons. The summed E-state index contributed by atoms with van der Waals surface area (Å²) in [5, 5.41) is 0. The fraction of sp³-hybridized carbons (Fsp3) is 0.370. The van der Waals surface area contributed by atoms with E-state index in [1.807, 2.05) is 37.3 Å². The molecule has 0 amide bonds. The number of benzene rings is 2. The molecule has 36 heavy (non-hydrogen) atoms. The van der Waals surface area contributed by atoms with Crippen LogP contribution in [0.5, 0.6) is 5.75 Å². The van der Waals surface area contributed by atoms with Gasteiger partial charge in [0.15, 0.2) is 0 Å². The third-order valence-corrected chi connectivity index (χ3v) is 6.98. The van der Waals surface area contributed by atoms with Crippen LogP contribution in [0.4, 0.5) is 18.9 Å². The Morgan fingerprint density at radius 1 is 1.11 bits per heavy atom. The van der Waals surface area contributed by atoms with E-state index in [1.165, 1.54) is 4.90 Å². The highest BCUT2D eigenvalue weighted by Crippen LogP contribution is 2.41. The van der Waals surface area contributed by atoms with Crippen LogP contribution in [0.3, 0.4) is 0 Å². The first-order valence-electron chi connectivity index (χ1n) is 11.7. The predicted octanol–water partition coefficient (Wildman–Crippen LogP) is 6.09. The van der Waals surface area contributed by atoms with E-state index in [2.05, 4.69) is 20.9 Å². The van der Waals surface area contributed by atoms with Gasteiger partial charge < -0.3 is 15.2 Å². The van der Waals surface area contributed by atoms with Crippen LogP contribution in [0, 0.1) is 0 Å². The number of alkyl halides is 3. The Morgan fingerprint density at radius 2 is 1.86 bits per heavy atom. The maximum atomic E-state index is 13.6. The second kappa shape index (κ2) is 11.2. The second-order valence-electron chi connectivity index (χ2n) is 9.00. The van der Waals surface area contributed by atoms with Crippen molar-refractivity contribution in [2.24, 2.45) is 0 Å². The zero-order chi connectivity index (χ0) is 25.9. The molecule has 2 aromatic carbocycles. The molecule has 9 heteroatoms. The molecule has 4 rings (SSSR count). The van der Waals surface area contributed by atoms with Crippen LogP contribution in [0.15, 0.2) is 59.2 Å².